The molecule has 1 aromatic rings. The van der Waals surface area contributed by atoms with Crippen LogP contribution in [-0.4, -0.2) is 32.1 Å². The summed E-state index contributed by atoms with van der Waals surface area (Å²) >= 11 is 0. The van der Waals surface area contributed by atoms with Crippen LogP contribution in [0.1, 0.15) is 18.9 Å². The van der Waals surface area contributed by atoms with E-state index in [0.29, 0.717) is 12.7 Å². The molecule has 18 heavy (non-hydrogen) atoms. The number of anilines is 1. The molecule has 1 aliphatic heterocycles. The van der Waals surface area contributed by atoms with Crippen LogP contribution in [0.2, 0.25) is 0 Å². The minimum absolute atomic E-state index is 0.227. The third-order valence-electron chi connectivity index (χ3n) is 3.47. The number of aliphatic hydroxyl groups is 1. The van der Waals surface area contributed by atoms with E-state index < -0.39 is 0 Å². The standard InChI is InChI=1S/C14H21NO3/c1-4-11(8-16)7-15(3)12-6-14-13(5-10(12)2)17-9-18-14/h5-6,11,16H,4,7-9H2,1-3H3. The van der Waals surface area contributed by atoms with E-state index in [-0.39, 0.29) is 6.61 Å². The smallest absolute Gasteiger partial charge is 0.231 e. The highest BCUT2D eigenvalue weighted by Crippen LogP contribution is 2.37. The SMILES string of the molecule is CCC(CO)CN(C)c1cc2c(cc1C)OCO2. The molecule has 0 saturated carbocycles. The van der Waals surface area contributed by atoms with E-state index in [1.807, 2.05) is 19.2 Å². The van der Waals surface area contributed by atoms with Crippen molar-refractivity contribution in [1.82, 2.24) is 0 Å². The lowest BCUT2D eigenvalue weighted by Crippen LogP contribution is -2.27. The summed E-state index contributed by atoms with van der Waals surface area (Å²) in [5.41, 5.74) is 2.29. The second kappa shape index (κ2) is 5.48. The van der Waals surface area contributed by atoms with Crippen LogP contribution >= 0.6 is 0 Å². The van der Waals surface area contributed by atoms with E-state index in [0.717, 1.165) is 35.7 Å². The van der Waals surface area contributed by atoms with Crippen LogP contribution in [0.5, 0.6) is 11.5 Å². The largest absolute Gasteiger partial charge is 0.454 e. The number of benzene rings is 1. The van der Waals surface area contributed by atoms with Crippen molar-refractivity contribution in [3.8, 4) is 11.5 Å². The van der Waals surface area contributed by atoms with E-state index >= 15 is 0 Å². The van der Waals surface area contributed by atoms with E-state index in [2.05, 4.69) is 18.7 Å². The van der Waals surface area contributed by atoms with Gasteiger partial charge in [0.1, 0.15) is 0 Å². The fourth-order valence-corrected chi connectivity index (χ4v) is 2.25. The van der Waals surface area contributed by atoms with E-state index in [1.54, 1.807) is 0 Å². The summed E-state index contributed by atoms with van der Waals surface area (Å²) < 4.78 is 10.8. The summed E-state index contributed by atoms with van der Waals surface area (Å²) in [5, 5.41) is 9.27. The average Bonchev–Trinajstić information content (AvgIpc) is 2.81. The zero-order valence-electron chi connectivity index (χ0n) is 11.3. The third kappa shape index (κ3) is 2.53. The summed E-state index contributed by atoms with van der Waals surface area (Å²) in [6.07, 6.45) is 0.977. The van der Waals surface area contributed by atoms with Crippen molar-refractivity contribution in [1.29, 1.82) is 0 Å². The van der Waals surface area contributed by atoms with Gasteiger partial charge in [-0.2, -0.15) is 0 Å². The lowest BCUT2D eigenvalue weighted by atomic mass is 10.1. The molecule has 0 aromatic heterocycles. The van der Waals surface area contributed by atoms with Crippen LogP contribution in [-0.2, 0) is 0 Å². The number of hydrogen-bond donors (Lipinski definition) is 1. The molecule has 100 valence electrons. The maximum Gasteiger partial charge on any atom is 0.231 e. The second-order valence-electron chi connectivity index (χ2n) is 4.83. The van der Waals surface area contributed by atoms with Gasteiger partial charge in [0.2, 0.25) is 6.79 Å². The average molecular weight is 251 g/mol. The Labute approximate surface area is 108 Å². The van der Waals surface area contributed by atoms with Gasteiger partial charge in [-0.15, -0.1) is 0 Å². The van der Waals surface area contributed by atoms with Gasteiger partial charge in [-0.1, -0.05) is 6.92 Å². The van der Waals surface area contributed by atoms with Gasteiger partial charge in [-0.25, -0.2) is 0 Å². The Morgan fingerprint density at radius 2 is 2.00 bits per heavy atom. The summed E-state index contributed by atoms with van der Waals surface area (Å²) in [5.74, 6) is 1.93. The first kappa shape index (κ1) is 13.0. The third-order valence-corrected chi connectivity index (χ3v) is 3.47. The quantitative estimate of drug-likeness (QED) is 0.871. The van der Waals surface area contributed by atoms with Gasteiger partial charge < -0.3 is 19.5 Å². The Hall–Kier alpha value is -1.42. The molecule has 0 saturated heterocycles. The zero-order chi connectivity index (χ0) is 13.1. The molecule has 0 bridgehead atoms. The zero-order valence-corrected chi connectivity index (χ0v) is 11.3. The fourth-order valence-electron chi connectivity index (χ4n) is 2.25. The van der Waals surface area contributed by atoms with Crippen molar-refractivity contribution >= 4 is 5.69 Å². The number of fused-ring (bicyclic) bond motifs is 1. The molecule has 1 atom stereocenters. The highest BCUT2D eigenvalue weighted by atomic mass is 16.7. The van der Waals surface area contributed by atoms with Gasteiger partial charge in [-0.3, -0.25) is 0 Å². The number of aliphatic hydroxyl groups excluding tert-OH is 1. The molecular formula is C14H21NO3. The van der Waals surface area contributed by atoms with Crippen molar-refractivity contribution in [2.24, 2.45) is 5.92 Å². The Balaban J connectivity index is 2.17. The van der Waals surface area contributed by atoms with Gasteiger partial charge >= 0.3 is 0 Å². The van der Waals surface area contributed by atoms with Crippen LogP contribution in [0.25, 0.3) is 0 Å². The molecule has 4 heteroatoms. The molecule has 1 unspecified atom stereocenters. The summed E-state index contributed by atoms with van der Waals surface area (Å²) in [7, 11) is 2.04. The predicted octanol–water partition coefficient (Wildman–Crippen LogP) is 2.18. The highest BCUT2D eigenvalue weighted by Gasteiger charge is 2.18. The predicted molar refractivity (Wildman–Crippen MR) is 71.4 cm³/mol. The van der Waals surface area contributed by atoms with Crippen molar-refractivity contribution in [3.05, 3.63) is 17.7 Å². The van der Waals surface area contributed by atoms with Crippen LogP contribution in [0.3, 0.4) is 0 Å². The lowest BCUT2D eigenvalue weighted by molar-refractivity contribution is 0.174. The van der Waals surface area contributed by atoms with Gasteiger partial charge in [-0.05, 0) is 30.9 Å². The Kier molecular flexibility index (Phi) is 3.97. The Morgan fingerprint density at radius 3 is 2.61 bits per heavy atom. The normalized spacial score (nSPS) is 14.7. The second-order valence-corrected chi connectivity index (χ2v) is 4.83. The molecule has 1 heterocycles. The maximum absolute atomic E-state index is 9.27. The molecule has 1 aromatic carbocycles. The first-order valence-corrected chi connectivity index (χ1v) is 6.38. The van der Waals surface area contributed by atoms with Crippen molar-refractivity contribution in [3.63, 3.8) is 0 Å². The Bertz CT molecular complexity index is 416. The molecule has 0 aliphatic carbocycles. The molecule has 0 fully saturated rings. The van der Waals surface area contributed by atoms with E-state index in [9.17, 15) is 5.11 Å². The van der Waals surface area contributed by atoms with Crippen molar-refractivity contribution in [2.45, 2.75) is 20.3 Å². The van der Waals surface area contributed by atoms with Gasteiger partial charge in [0.25, 0.3) is 0 Å². The molecule has 0 radical (unpaired) electrons. The molecule has 4 nitrogen and oxygen atoms in total. The fraction of sp³-hybridized carbons (Fsp3) is 0.571. The minimum atomic E-state index is 0.227. The van der Waals surface area contributed by atoms with Gasteiger partial charge in [0, 0.05) is 32.0 Å². The van der Waals surface area contributed by atoms with Crippen molar-refractivity contribution < 1.29 is 14.6 Å². The summed E-state index contributed by atoms with van der Waals surface area (Å²) in [6.45, 7) is 5.53. The van der Waals surface area contributed by atoms with Crippen LogP contribution in [0.15, 0.2) is 12.1 Å². The monoisotopic (exact) mass is 251 g/mol. The highest BCUT2D eigenvalue weighted by molar-refractivity contribution is 5.61. The lowest BCUT2D eigenvalue weighted by Gasteiger charge is -2.25. The number of rotatable bonds is 5. The van der Waals surface area contributed by atoms with E-state index in [4.69, 9.17) is 9.47 Å². The molecule has 1 aliphatic rings. The summed E-state index contributed by atoms with van der Waals surface area (Å²) in [6, 6.07) is 4.02. The number of nitrogens with zero attached hydrogens (tertiary/aromatic N) is 1. The summed E-state index contributed by atoms with van der Waals surface area (Å²) in [4.78, 5) is 2.17. The first-order valence-electron chi connectivity index (χ1n) is 6.38. The Morgan fingerprint density at radius 1 is 1.33 bits per heavy atom. The molecule has 0 spiro atoms. The molecule has 2 rings (SSSR count). The first-order chi connectivity index (χ1) is 8.65. The van der Waals surface area contributed by atoms with Gasteiger partial charge in [0.05, 0.1) is 0 Å². The molecule has 0 amide bonds. The molecule has 1 N–H and O–H groups in total. The van der Waals surface area contributed by atoms with Crippen LogP contribution < -0.4 is 14.4 Å². The van der Waals surface area contributed by atoms with Crippen LogP contribution in [0.4, 0.5) is 5.69 Å². The van der Waals surface area contributed by atoms with Gasteiger partial charge in [0.15, 0.2) is 11.5 Å². The number of hydrogen-bond acceptors (Lipinski definition) is 4. The molecular weight excluding hydrogens is 230 g/mol. The van der Waals surface area contributed by atoms with Crippen LogP contribution in [0, 0.1) is 12.8 Å². The topological polar surface area (TPSA) is 41.9 Å². The number of ether oxygens (including phenoxy) is 2. The maximum atomic E-state index is 9.27. The van der Waals surface area contributed by atoms with Crippen molar-refractivity contribution in [2.75, 3.05) is 31.9 Å². The minimum Gasteiger partial charge on any atom is -0.454 e. The number of aryl methyl sites for hydroxylation is 1. The van der Waals surface area contributed by atoms with E-state index in [1.165, 1.54) is 0 Å².